The quantitative estimate of drug-likeness (QED) is 0.830. The predicted octanol–water partition coefficient (Wildman–Crippen LogP) is 4.13. The minimum Gasteiger partial charge on any atom is -0.308 e. The molecular weight excluding hydrogens is 308 g/mol. The molecule has 2 N–H and O–H groups in total. The monoisotopic (exact) mass is 328 g/mol. The lowest BCUT2D eigenvalue weighted by Gasteiger charge is -2.13. The van der Waals surface area contributed by atoms with Crippen molar-refractivity contribution in [1.29, 1.82) is 0 Å². The summed E-state index contributed by atoms with van der Waals surface area (Å²) >= 11 is 1.43. The van der Waals surface area contributed by atoms with Crippen LogP contribution in [0.4, 0.5) is 10.5 Å². The highest BCUT2D eigenvalue weighted by Gasteiger charge is 2.17. The highest BCUT2D eigenvalue weighted by atomic mass is 32.2. The molecule has 0 aromatic heterocycles. The van der Waals surface area contributed by atoms with Gasteiger partial charge in [-0.15, -0.1) is 11.8 Å². The number of aryl methyl sites for hydroxylation is 2. The number of benzene rings is 2. The second kappa shape index (κ2) is 7.83. The molecule has 120 valence electrons. The first-order valence-corrected chi connectivity index (χ1v) is 8.24. The lowest BCUT2D eigenvalue weighted by molar-refractivity contribution is -0.119. The number of anilines is 1. The molecule has 0 saturated heterocycles. The van der Waals surface area contributed by atoms with E-state index in [0.717, 1.165) is 4.90 Å². The molecule has 2 aromatic rings. The second-order valence-electron chi connectivity index (χ2n) is 5.32. The third kappa shape index (κ3) is 5.14. The van der Waals surface area contributed by atoms with Gasteiger partial charge in [0.25, 0.3) is 0 Å². The van der Waals surface area contributed by atoms with Crippen LogP contribution in [0.5, 0.6) is 0 Å². The highest BCUT2D eigenvalue weighted by Crippen LogP contribution is 2.25. The van der Waals surface area contributed by atoms with E-state index in [1.54, 1.807) is 19.1 Å². The fourth-order valence-corrected chi connectivity index (χ4v) is 2.91. The summed E-state index contributed by atoms with van der Waals surface area (Å²) < 4.78 is 0. The van der Waals surface area contributed by atoms with E-state index in [1.807, 2.05) is 50.2 Å². The molecule has 0 aliphatic carbocycles. The molecule has 0 spiro atoms. The molecule has 1 atom stereocenters. The van der Waals surface area contributed by atoms with Crippen LogP contribution < -0.4 is 10.6 Å². The summed E-state index contributed by atoms with van der Waals surface area (Å²) in [5, 5.41) is 4.63. The maximum absolute atomic E-state index is 12.1. The molecule has 2 aromatic carbocycles. The van der Waals surface area contributed by atoms with Gasteiger partial charge < -0.3 is 5.32 Å². The van der Waals surface area contributed by atoms with Gasteiger partial charge in [0.1, 0.15) is 0 Å². The molecule has 5 heteroatoms. The molecule has 0 heterocycles. The minimum absolute atomic E-state index is 0.318. The smallest absolute Gasteiger partial charge is 0.308 e. The first kappa shape index (κ1) is 17.1. The number of imide groups is 1. The third-order valence-corrected chi connectivity index (χ3v) is 4.52. The fourth-order valence-electron chi connectivity index (χ4n) is 1.94. The van der Waals surface area contributed by atoms with Crippen LogP contribution in [-0.4, -0.2) is 17.2 Å². The Hall–Kier alpha value is -2.27. The second-order valence-corrected chi connectivity index (χ2v) is 6.73. The maximum atomic E-state index is 12.1. The van der Waals surface area contributed by atoms with Gasteiger partial charge in [0.15, 0.2) is 0 Å². The molecule has 0 aliphatic heterocycles. The molecule has 0 saturated carbocycles. The van der Waals surface area contributed by atoms with Gasteiger partial charge in [0, 0.05) is 10.6 Å². The molecule has 4 nitrogen and oxygen atoms in total. The summed E-state index contributed by atoms with van der Waals surface area (Å²) in [5.41, 5.74) is 3.05. The van der Waals surface area contributed by atoms with E-state index in [-0.39, 0.29) is 11.2 Å². The Morgan fingerprint density at radius 1 is 1.00 bits per heavy atom. The zero-order valence-electron chi connectivity index (χ0n) is 13.4. The number of thioether (sulfide) groups is 1. The van der Waals surface area contributed by atoms with Gasteiger partial charge in [-0.25, -0.2) is 4.79 Å². The number of rotatable bonds is 4. The number of carbonyl (C=O) groups is 2. The summed E-state index contributed by atoms with van der Waals surface area (Å²) in [7, 11) is 0. The Bertz CT molecular complexity index is 701. The average molecular weight is 328 g/mol. The first-order valence-electron chi connectivity index (χ1n) is 7.36. The molecule has 0 fully saturated rings. The molecule has 0 radical (unpaired) electrons. The van der Waals surface area contributed by atoms with Gasteiger partial charge in [-0.2, -0.15) is 0 Å². The van der Waals surface area contributed by atoms with E-state index in [0.29, 0.717) is 5.69 Å². The Morgan fingerprint density at radius 3 is 2.35 bits per heavy atom. The summed E-state index contributed by atoms with van der Waals surface area (Å²) in [6.07, 6.45) is 0. The van der Waals surface area contributed by atoms with E-state index in [2.05, 4.69) is 10.6 Å². The summed E-state index contributed by atoms with van der Waals surface area (Å²) in [5.74, 6) is -0.318. The number of carbonyl (C=O) groups excluding carboxylic acids is 2. The number of hydrogen-bond donors (Lipinski definition) is 2. The SMILES string of the molecule is Cc1ccc(SC(C)C(=O)NC(=O)Nc2ccccc2)cc1C. The van der Waals surface area contributed by atoms with Gasteiger partial charge >= 0.3 is 6.03 Å². The Kier molecular flexibility index (Phi) is 5.82. The summed E-state index contributed by atoms with van der Waals surface area (Å²) in [6.45, 7) is 5.87. The van der Waals surface area contributed by atoms with Gasteiger partial charge in [0.2, 0.25) is 5.91 Å². The van der Waals surface area contributed by atoms with Crippen molar-refractivity contribution in [1.82, 2.24) is 5.32 Å². The number of urea groups is 1. The highest BCUT2D eigenvalue weighted by molar-refractivity contribution is 8.00. The van der Waals surface area contributed by atoms with Crippen LogP contribution in [0.15, 0.2) is 53.4 Å². The molecular formula is C18H20N2O2S. The van der Waals surface area contributed by atoms with Crippen molar-refractivity contribution >= 4 is 29.4 Å². The number of amides is 3. The van der Waals surface area contributed by atoms with Crippen LogP contribution in [0.1, 0.15) is 18.1 Å². The van der Waals surface area contributed by atoms with E-state index < -0.39 is 6.03 Å². The fraction of sp³-hybridized carbons (Fsp3) is 0.222. The Labute approximate surface area is 140 Å². The maximum Gasteiger partial charge on any atom is 0.325 e. The van der Waals surface area contributed by atoms with Crippen LogP contribution in [0.3, 0.4) is 0 Å². The largest absolute Gasteiger partial charge is 0.325 e. The van der Waals surface area contributed by atoms with Crippen molar-refractivity contribution in [2.24, 2.45) is 0 Å². The molecule has 2 rings (SSSR count). The van der Waals surface area contributed by atoms with Crippen molar-refractivity contribution in [3.05, 3.63) is 59.7 Å². The predicted molar refractivity (Wildman–Crippen MR) is 94.8 cm³/mol. The van der Waals surface area contributed by atoms with Crippen LogP contribution in [-0.2, 0) is 4.79 Å². The zero-order valence-corrected chi connectivity index (χ0v) is 14.2. The zero-order chi connectivity index (χ0) is 16.8. The topological polar surface area (TPSA) is 58.2 Å². The number of para-hydroxylation sites is 1. The van der Waals surface area contributed by atoms with Crippen LogP contribution in [0.25, 0.3) is 0 Å². The van der Waals surface area contributed by atoms with Crippen LogP contribution >= 0.6 is 11.8 Å². The van der Waals surface area contributed by atoms with Crippen LogP contribution in [0.2, 0.25) is 0 Å². The Balaban J connectivity index is 1.89. The van der Waals surface area contributed by atoms with Crippen molar-refractivity contribution in [2.45, 2.75) is 30.9 Å². The molecule has 0 bridgehead atoms. The van der Waals surface area contributed by atoms with Gasteiger partial charge in [-0.05, 0) is 56.2 Å². The lowest BCUT2D eigenvalue weighted by Crippen LogP contribution is -2.38. The number of hydrogen-bond acceptors (Lipinski definition) is 3. The Morgan fingerprint density at radius 2 is 1.70 bits per heavy atom. The van der Waals surface area contributed by atoms with Gasteiger partial charge in [0.05, 0.1) is 5.25 Å². The van der Waals surface area contributed by atoms with Gasteiger partial charge in [-0.1, -0.05) is 24.3 Å². The van der Waals surface area contributed by atoms with Crippen molar-refractivity contribution in [3.63, 3.8) is 0 Å². The van der Waals surface area contributed by atoms with E-state index in [1.165, 1.54) is 22.9 Å². The van der Waals surface area contributed by atoms with Crippen molar-refractivity contribution in [2.75, 3.05) is 5.32 Å². The minimum atomic E-state index is -0.520. The van der Waals surface area contributed by atoms with E-state index in [4.69, 9.17) is 0 Å². The van der Waals surface area contributed by atoms with Crippen molar-refractivity contribution in [3.8, 4) is 0 Å². The summed E-state index contributed by atoms with van der Waals surface area (Å²) in [4.78, 5) is 24.9. The number of nitrogens with one attached hydrogen (secondary N) is 2. The third-order valence-electron chi connectivity index (χ3n) is 3.43. The lowest BCUT2D eigenvalue weighted by atomic mass is 10.1. The molecule has 3 amide bonds. The standard InChI is InChI=1S/C18H20N2O2S/c1-12-9-10-16(11-13(12)2)23-14(3)17(21)20-18(22)19-15-7-5-4-6-8-15/h4-11,14H,1-3H3,(H2,19,20,21,22). The normalized spacial score (nSPS) is 11.6. The molecule has 0 aliphatic rings. The van der Waals surface area contributed by atoms with E-state index in [9.17, 15) is 9.59 Å². The van der Waals surface area contributed by atoms with E-state index >= 15 is 0 Å². The van der Waals surface area contributed by atoms with Crippen LogP contribution in [0, 0.1) is 13.8 Å². The first-order chi connectivity index (χ1) is 11.0. The van der Waals surface area contributed by atoms with Crippen molar-refractivity contribution < 1.29 is 9.59 Å². The summed E-state index contributed by atoms with van der Waals surface area (Å²) in [6, 6.07) is 14.6. The average Bonchev–Trinajstić information content (AvgIpc) is 2.51. The molecule has 23 heavy (non-hydrogen) atoms. The van der Waals surface area contributed by atoms with Gasteiger partial charge in [-0.3, -0.25) is 10.1 Å². The molecule has 1 unspecified atom stereocenters.